The fraction of sp³-hybridized carbons (Fsp3) is 0.333. The van der Waals surface area contributed by atoms with Crippen LogP contribution in [0.25, 0.3) is 11.2 Å². The Morgan fingerprint density at radius 1 is 1.65 bits per heavy atom. The monoisotopic (exact) mass is 263 g/mol. The summed E-state index contributed by atoms with van der Waals surface area (Å²) in [6, 6.07) is 1.98. The second-order valence-electron chi connectivity index (χ2n) is 3.66. The summed E-state index contributed by atoms with van der Waals surface area (Å²) in [5.74, 6) is 4.30. The molecule has 0 fully saturated rings. The van der Waals surface area contributed by atoms with Crippen molar-refractivity contribution in [3.8, 4) is 12.3 Å². The molecule has 0 amide bonds. The minimum Gasteiger partial charge on any atom is -0.329 e. The van der Waals surface area contributed by atoms with Crippen LogP contribution in [0.4, 0.5) is 0 Å². The number of pyridine rings is 1. The van der Waals surface area contributed by atoms with Crippen LogP contribution < -0.4 is 0 Å². The van der Waals surface area contributed by atoms with Gasteiger partial charge in [0, 0.05) is 18.5 Å². The smallest absolute Gasteiger partial charge is 0.179 e. The predicted molar refractivity (Wildman–Crippen MR) is 75.8 cm³/mol. The Hall–Kier alpha value is -1.25. The highest BCUT2D eigenvalue weighted by Crippen LogP contribution is 2.15. The Morgan fingerprint density at radius 2 is 2.47 bits per heavy atom. The number of H-pyrrole nitrogens is 1. The van der Waals surface area contributed by atoms with Crippen molar-refractivity contribution in [2.75, 3.05) is 11.5 Å². The van der Waals surface area contributed by atoms with Gasteiger partial charge in [0.15, 0.2) is 10.4 Å². The van der Waals surface area contributed by atoms with Gasteiger partial charge < -0.3 is 9.55 Å². The number of aromatic amines is 1. The number of imidazole rings is 1. The number of aryl methyl sites for hydroxylation is 2. The number of nitrogens with zero attached hydrogens (tertiary/aromatic N) is 2. The standard InChI is InChI=1S/C12H13N3S2/c1-3-7-17-8-6-15-11-10(14-12(15)16)9(2)4-5-13-11/h1,4-5H,6-8H2,2H3,(H,14,16). The molecule has 0 unspecified atom stereocenters. The van der Waals surface area contributed by atoms with Crippen molar-refractivity contribution in [1.82, 2.24) is 14.5 Å². The first-order chi connectivity index (χ1) is 8.24. The van der Waals surface area contributed by atoms with Crippen LogP contribution in [-0.4, -0.2) is 26.0 Å². The zero-order valence-electron chi connectivity index (χ0n) is 9.56. The van der Waals surface area contributed by atoms with Crippen LogP contribution in [0.2, 0.25) is 0 Å². The first-order valence-electron chi connectivity index (χ1n) is 5.29. The van der Waals surface area contributed by atoms with Crippen LogP contribution in [0.15, 0.2) is 12.3 Å². The number of fused-ring (bicyclic) bond motifs is 1. The van der Waals surface area contributed by atoms with E-state index in [1.807, 2.05) is 23.8 Å². The lowest BCUT2D eigenvalue weighted by molar-refractivity contribution is 0.775. The molecule has 5 heteroatoms. The molecule has 2 heterocycles. The highest BCUT2D eigenvalue weighted by atomic mass is 32.2. The topological polar surface area (TPSA) is 33.6 Å². The van der Waals surface area contributed by atoms with E-state index in [1.54, 1.807) is 11.8 Å². The van der Waals surface area contributed by atoms with Crippen LogP contribution in [-0.2, 0) is 6.54 Å². The van der Waals surface area contributed by atoms with Crippen molar-refractivity contribution >= 4 is 35.1 Å². The van der Waals surface area contributed by atoms with E-state index in [1.165, 1.54) is 0 Å². The fourth-order valence-electron chi connectivity index (χ4n) is 1.67. The average Bonchev–Trinajstić information content (AvgIpc) is 2.63. The van der Waals surface area contributed by atoms with Crippen LogP contribution in [0.3, 0.4) is 0 Å². The summed E-state index contributed by atoms with van der Waals surface area (Å²) in [7, 11) is 0. The molecular formula is C12H13N3S2. The molecule has 88 valence electrons. The van der Waals surface area contributed by atoms with Gasteiger partial charge in [0.05, 0.1) is 11.3 Å². The predicted octanol–water partition coefficient (Wildman–Crippen LogP) is 2.77. The molecule has 0 bridgehead atoms. The van der Waals surface area contributed by atoms with E-state index in [0.29, 0.717) is 0 Å². The van der Waals surface area contributed by atoms with E-state index in [2.05, 4.69) is 15.9 Å². The summed E-state index contributed by atoms with van der Waals surface area (Å²) in [4.78, 5) is 7.58. The lowest BCUT2D eigenvalue weighted by atomic mass is 10.3. The third-order valence-electron chi connectivity index (χ3n) is 2.52. The first-order valence-corrected chi connectivity index (χ1v) is 6.85. The van der Waals surface area contributed by atoms with E-state index in [4.69, 9.17) is 18.6 Å². The zero-order chi connectivity index (χ0) is 12.3. The van der Waals surface area contributed by atoms with E-state index in [0.717, 1.165) is 39.5 Å². The van der Waals surface area contributed by atoms with E-state index in [-0.39, 0.29) is 0 Å². The second kappa shape index (κ2) is 5.39. The molecule has 0 saturated heterocycles. The molecule has 0 aromatic carbocycles. The molecule has 0 saturated carbocycles. The Labute approximate surface area is 110 Å². The Morgan fingerprint density at radius 3 is 3.24 bits per heavy atom. The molecule has 0 aliphatic rings. The Balaban J connectivity index is 2.28. The van der Waals surface area contributed by atoms with Crippen LogP contribution >= 0.6 is 24.0 Å². The molecule has 3 nitrogen and oxygen atoms in total. The van der Waals surface area contributed by atoms with Gasteiger partial charge in [-0.05, 0) is 30.8 Å². The minimum atomic E-state index is 0.725. The highest BCUT2D eigenvalue weighted by Gasteiger charge is 2.06. The van der Waals surface area contributed by atoms with Gasteiger partial charge in [0.1, 0.15) is 0 Å². The average molecular weight is 263 g/mol. The van der Waals surface area contributed by atoms with Gasteiger partial charge in [-0.2, -0.15) is 0 Å². The number of rotatable bonds is 4. The van der Waals surface area contributed by atoms with Crippen molar-refractivity contribution in [2.45, 2.75) is 13.5 Å². The van der Waals surface area contributed by atoms with Crippen molar-refractivity contribution in [2.24, 2.45) is 0 Å². The summed E-state index contributed by atoms with van der Waals surface area (Å²) in [6.45, 7) is 2.88. The zero-order valence-corrected chi connectivity index (χ0v) is 11.2. The lowest BCUT2D eigenvalue weighted by Crippen LogP contribution is -2.01. The van der Waals surface area contributed by atoms with Gasteiger partial charge in [0.2, 0.25) is 0 Å². The molecule has 17 heavy (non-hydrogen) atoms. The number of hydrogen-bond donors (Lipinski definition) is 1. The third-order valence-corrected chi connectivity index (χ3v) is 3.68. The number of terminal acetylenes is 1. The van der Waals surface area contributed by atoms with Gasteiger partial charge in [-0.1, -0.05) is 5.92 Å². The van der Waals surface area contributed by atoms with Crippen LogP contribution in [0, 0.1) is 24.0 Å². The molecule has 1 N–H and O–H groups in total. The molecule has 2 rings (SSSR count). The normalized spacial score (nSPS) is 10.6. The molecule has 0 aliphatic heterocycles. The van der Waals surface area contributed by atoms with Crippen LogP contribution in [0.1, 0.15) is 5.56 Å². The maximum atomic E-state index is 5.31. The van der Waals surface area contributed by atoms with Gasteiger partial charge in [-0.25, -0.2) is 4.98 Å². The number of thioether (sulfide) groups is 1. The first kappa shape index (κ1) is 12.2. The third kappa shape index (κ3) is 2.54. The quantitative estimate of drug-likeness (QED) is 0.523. The molecule has 0 spiro atoms. The number of hydrogen-bond acceptors (Lipinski definition) is 3. The van der Waals surface area contributed by atoms with Gasteiger partial charge >= 0.3 is 0 Å². The highest BCUT2D eigenvalue weighted by molar-refractivity contribution is 7.99. The van der Waals surface area contributed by atoms with E-state index >= 15 is 0 Å². The summed E-state index contributed by atoms with van der Waals surface area (Å²) in [6.07, 6.45) is 7.02. The molecule has 0 atom stereocenters. The maximum Gasteiger partial charge on any atom is 0.179 e. The molecule has 2 aromatic heterocycles. The summed E-state index contributed by atoms with van der Waals surface area (Å²) >= 11 is 7.04. The van der Waals surface area contributed by atoms with Gasteiger partial charge in [-0.15, -0.1) is 18.2 Å². The van der Waals surface area contributed by atoms with E-state index < -0.39 is 0 Å². The largest absolute Gasteiger partial charge is 0.329 e. The second-order valence-corrected chi connectivity index (χ2v) is 5.16. The van der Waals surface area contributed by atoms with Crippen molar-refractivity contribution in [3.63, 3.8) is 0 Å². The van der Waals surface area contributed by atoms with Gasteiger partial charge in [0.25, 0.3) is 0 Å². The fourth-order valence-corrected chi connectivity index (χ4v) is 2.52. The lowest BCUT2D eigenvalue weighted by Gasteiger charge is -2.02. The van der Waals surface area contributed by atoms with E-state index in [9.17, 15) is 0 Å². The van der Waals surface area contributed by atoms with Crippen molar-refractivity contribution in [3.05, 3.63) is 22.6 Å². The van der Waals surface area contributed by atoms with Crippen LogP contribution in [0.5, 0.6) is 0 Å². The van der Waals surface area contributed by atoms with Gasteiger partial charge in [-0.3, -0.25) is 0 Å². The summed E-state index contributed by atoms with van der Waals surface area (Å²) in [5.41, 5.74) is 3.12. The maximum absolute atomic E-state index is 5.31. The minimum absolute atomic E-state index is 0.725. The van der Waals surface area contributed by atoms with Crippen molar-refractivity contribution in [1.29, 1.82) is 0 Å². The number of nitrogens with one attached hydrogen (secondary N) is 1. The molecule has 0 aliphatic carbocycles. The SMILES string of the molecule is C#CCSCCn1c(=S)[nH]c2c(C)ccnc21. The summed E-state index contributed by atoms with van der Waals surface area (Å²) in [5, 5.41) is 0. The number of aromatic nitrogens is 3. The Kier molecular flexibility index (Phi) is 3.87. The molecule has 2 aromatic rings. The Bertz CT molecular complexity index is 619. The van der Waals surface area contributed by atoms with Crippen molar-refractivity contribution < 1.29 is 0 Å². The molecular weight excluding hydrogens is 250 g/mol. The summed E-state index contributed by atoms with van der Waals surface area (Å²) < 4.78 is 2.75. The molecule has 0 radical (unpaired) electrons.